The SMILES string of the molecule is CCOC(=O)Cn1nnnc1[C@@H](CC)N(CCc1ccccc1)Cc1cc2cccc(C)c2[nH]c1=O. The molecule has 0 fully saturated rings. The topological polar surface area (TPSA) is 106 Å². The third-order valence-corrected chi connectivity index (χ3v) is 6.34. The number of esters is 1. The van der Waals surface area contributed by atoms with Gasteiger partial charge in [0.25, 0.3) is 5.56 Å². The average Bonchev–Trinajstić information content (AvgIpc) is 3.32. The van der Waals surface area contributed by atoms with Crippen molar-refractivity contribution in [3.8, 4) is 0 Å². The molecule has 4 rings (SSSR count). The number of pyridine rings is 1. The minimum Gasteiger partial charge on any atom is -0.465 e. The smallest absolute Gasteiger partial charge is 0.327 e. The number of ether oxygens (including phenoxy) is 1. The second-order valence-corrected chi connectivity index (χ2v) is 8.79. The molecule has 0 spiro atoms. The number of carbonyl (C=O) groups is 1. The Kier molecular flexibility index (Phi) is 8.22. The molecule has 0 unspecified atom stereocenters. The zero-order valence-corrected chi connectivity index (χ0v) is 21.0. The van der Waals surface area contributed by atoms with Crippen LogP contribution >= 0.6 is 0 Å². The van der Waals surface area contributed by atoms with Gasteiger partial charge in [-0.3, -0.25) is 14.5 Å². The van der Waals surface area contributed by atoms with Crippen molar-refractivity contribution >= 4 is 16.9 Å². The molecule has 2 aromatic heterocycles. The fourth-order valence-corrected chi connectivity index (χ4v) is 4.52. The van der Waals surface area contributed by atoms with Crippen molar-refractivity contribution in [2.75, 3.05) is 13.2 Å². The Balaban J connectivity index is 1.67. The molecule has 188 valence electrons. The van der Waals surface area contributed by atoms with Gasteiger partial charge in [-0.25, -0.2) is 4.68 Å². The number of aromatic amines is 1. The highest BCUT2D eigenvalue weighted by molar-refractivity contribution is 5.81. The Bertz CT molecular complexity index is 1360. The highest BCUT2D eigenvalue weighted by Crippen LogP contribution is 2.25. The third-order valence-electron chi connectivity index (χ3n) is 6.34. The summed E-state index contributed by atoms with van der Waals surface area (Å²) in [7, 11) is 0. The number of hydrogen-bond donors (Lipinski definition) is 1. The van der Waals surface area contributed by atoms with Gasteiger partial charge in [-0.2, -0.15) is 0 Å². The molecular weight excluding hydrogens is 456 g/mol. The zero-order chi connectivity index (χ0) is 25.5. The van der Waals surface area contributed by atoms with Crippen LogP contribution in [0.1, 0.15) is 48.8 Å². The number of nitrogens with one attached hydrogen (secondary N) is 1. The van der Waals surface area contributed by atoms with Crippen LogP contribution in [-0.4, -0.2) is 49.2 Å². The molecule has 0 saturated heterocycles. The maximum Gasteiger partial charge on any atom is 0.327 e. The van der Waals surface area contributed by atoms with Gasteiger partial charge in [-0.15, -0.1) is 5.10 Å². The van der Waals surface area contributed by atoms with Crippen LogP contribution in [0.5, 0.6) is 0 Å². The Morgan fingerprint density at radius 2 is 1.94 bits per heavy atom. The summed E-state index contributed by atoms with van der Waals surface area (Å²) in [5, 5.41) is 13.1. The summed E-state index contributed by atoms with van der Waals surface area (Å²) in [5.74, 6) is 0.185. The molecule has 0 aliphatic rings. The summed E-state index contributed by atoms with van der Waals surface area (Å²) in [6.45, 7) is 7.13. The number of rotatable bonds is 11. The number of hydrogen-bond acceptors (Lipinski definition) is 7. The molecule has 1 N–H and O–H groups in total. The molecule has 1 atom stereocenters. The fraction of sp³-hybridized carbons (Fsp3) is 0.370. The summed E-state index contributed by atoms with van der Waals surface area (Å²) in [4.78, 5) is 30.5. The third kappa shape index (κ3) is 5.85. The van der Waals surface area contributed by atoms with E-state index >= 15 is 0 Å². The first kappa shape index (κ1) is 25.2. The van der Waals surface area contributed by atoms with E-state index in [9.17, 15) is 9.59 Å². The molecule has 36 heavy (non-hydrogen) atoms. The Morgan fingerprint density at radius 1 is 1.14 bits per heavy atom. The van der Waals surface area contributed by atoms with Gasteiger partial charge < -0.3 is 9.72 Å². The predicted octanol–water partition coefficient (Wildman–Crippen LogP) is 3.58. The van der Waals surface area contributed by atoms with Gasteiger partial charge in [-0.1, -0.05) is 55.5 Å². The van der Waals surface area contributed by atoms with Crippen molar-refractivity contribution in [1.82, 2.24) is 30.1 Å². The summed E-state index contributed by atoms with van der Waals surface area (Å²) >= 11 is 0. The van der Waals surface area contributed by atoms with Gasteiger partial charge in [0.1, 0.15) is 6.54 Å². The first-order valence-corrected chi connectivity index (χ1v) is 12.3. The highest BCUT2D eigenvalue weighted by atomic mass is 16.5. The van der Waals surface area contributed by atoms with E-state index in [1.54, 1.807) is 6.92 Å². The van der Waals surface area contributed by atoms with E-state index in [4.69, 9.17) is 4.74 Å². The maximum absolute atomic E-state index is 13.1. The molecule has 0 saturated carbocycles. The molecule has 9 nitrogen and oxygen atoms in total. The van der Waals surface area contributed by atoms with Crippen LogP contribution in [0.25, 0.3) is 10.9 Å². The van der Waals surface area contributed by atoms with Gasteiger partial charge in [-0.05, 0) is 59.7 Å². The Labute approximate surface area is 210 Å². The quantitative estimate of drug-likeness (QED) is 0.322. The summed E-state index contributed by atoms with van der Waals surface area (Å²) in [6, 6.07) is 18.0. The molecule has 0 radical (unpaired) electrons. The molecular formula is C27H32N6O3. The van der Waals surface area contributed by atoms with E-state index in [0.29, 0.717) is 37.5 Å². The number of para-hydroxylation sites is 1. The number of benzene rings is 2. The standard InChI is InChI=1S/C27H32N6O3/c1-4-23(26-29-30-31-33(26)18-24(34)36-5-2)32(15-14-20-11-7-6-8-12-20)17-22-16-21-13-9-10-19(3)25(21)28-27(22)35/h6-13,16,23H,4-5,14-15,17-18H2,1-3H3,(H,28,35)/t23-/m1/s1. The van der Waals surface area contributed by atoms with E-state index < -0.39 is 5.97 Å². The fourth-order valence-electron chi connectivity index (χ4n) is 4.52. The minimum absolute atomic E-state index is 0.0605. The number of aromatic nitrogens is 5. The van der Waals surface area contributed by atoms with Crippen LogP contribution in [0.2, 0.25) is 0 Å². The Hall–Kier alpha value is -3.85. The normalized spacial score (nSPS) is 12.2. The molecule has 0 bridgehead atoms. The van der Waals surface area contributed by atoms with Gasteiger partial charge in [0, 0.05) is 18.7 Å². The molecule has 0 aliphatic heterocycles. The van der Waals surface area contributed by atoms with Crippen molar-refractivity contribution in [3.63, 3.8) is 0 Å². The lowest BCUT2D eigenvalue weighted by atomic mass is 10.1. The van der Waals surface area contributed by atoms with Crippen LogP contribution in [0.3, 0.4) is 0 Å². The predicted molar refractivity (Wildman–Crippen MR) is 137 cm³/mol. The second-order valence-electron chi connectivity index (χ2n) is 8.79. The first-order chi connectivity index (χ1) is 17.5. The average molecular weight is 489 g/mol. The molecule has 9 heteroatoms. The molecule has 0 aliphatic carbocycles. The number of H-pyrrole nitrogens is 1. The number of tetrazole rings is 1. The lowest BCUT2D eigenvalue weighted by Gasteiger charge is -2.30. The molecule has 2 heterocycles. The number of aryl methyl sites for hydroxylation is 1. The van der Waals surface area contributed by atoms with E-state index in [1.807, 2.05) is 49.4 Å². The second kappa shape index (κ2) is 11.7. The van der Waals surface area contributed by atoms with Crippen LogP contribution < -0.4 is 5.56 Å². The largest absolute Gasteiger partial charge is 0.465 e. The van der Waals surface area contributed by atoms with Crippen molar-refractivity contribution in [1.29, 1.82) is 0 Å². The number of carbonyl (C=O) groups excluding carboxylic acids is 1. The van der Waals surface area contributed by atoms with Crippen molar-refractivity contribution in [2.45, 2.75) is 52.7 Å². The lowest BCUT2D eigenvalue weighted by molar-refractivity contribution is -0.144. The molecule has 2 aromatic carbocycles. The van der Waals surface area contributed by atoms with Crippen molar-refractivity contribution in [3.05, 3.63) is 87.5 Å². The van der Waals surface area contributed by atoms with Crippen molar-refractivity contribution in [2.24, 2.45) is 0 Å². The summed E-state index contributed by atoms with van der Waals surface area (Å²) < 4.78 is 6.59. The van der Waals surface area contributed by atoms with Gasteiger partial charge >= 0.3 is 5.97 Å². The highest BCUT2D eigenvalue weighted by Gasteiger charge is 2.26. The van der Waals surface area contributed by atoms with Crippen LogP contribution in [-0.2, 0) is 29.0 Å². The van der Waals surface area contributed by atoms with Crippen LogP contribution in [0.4, 0.5) is 0 Å². The van der Waals surface area contributed by atoms with Gasteiger partial charge in [0.15, 0.2) is 5.82 Å². The van der Waals surface area contributed by atoms with Crippen LogP contribution in [0, 0.1) is 6.92 Å². The number of nitrogens with zero attached hydrogens (tertiary/aromatic N) is 5. The van der Waals surface area contributed by atoms with Crippen LogP contribution in [0.15, 0.2) is 59.4 Å². The zero-order valence-electron chi connectivity index (χ0n) is 21.0. The maximum atomic E-state index is 13.1. The number of fused-ring (bicyclic) bond motifs is 1. The van der Waals surface area contributed by atoms with E-state index in [0.717, 1.165) is 22.9 Å². The Morgan fingerprint density at radius 3 is 2.69 bits per heavy atom. The van der Waals surface area contributed by atoms with E-state index in [2.05, 4.69) is 44.5 Å². The van der Waals surface area contributed by atoms with Crippen molar-refractivity contribution < 1.29 is 9.53 Å². The van der Waals surface area contributed by atoms with Gasteiger partial charge in [0.2, 0.25) is 0 Å². The van der Waals surface area contributed by atoms with Gasteiger partial charge in [0.05, 0.1) is 18.2 Å². The first-order valence-electron chi connectivity index (χ1n) is 12.3. The van der Waals surface area contributed by atoms with E-state index in [1.165, 1.54) is 10.2 Å². The monoisotopic (exact) mass is 488 g/mol. The lowest BCUT2D eigenvalue weighted by Crippen LogP contribution is -2.34. The summed E-state index contributed by atoms with van der Waals surface area (Å²) in [5.41, 5.74) is 3.65. The summed E-state index contributed by atoms with van der Waals surface area (Å²) in [6.07, 6.45) is 1.49. The molecule has 4 aromatic rings. The van der Waals surface area contributed by atoms with E-state index in [-0.39, 0.29) is 18.1 Å². The minimum atomic E-state index is -0.391. The molecule has 0 amide bonds.